The Bertz CT molecular complexity index is 903. The fourth-order valence-electron chi connectivity index (χ4n) is 3.15. The minimum absolute atomic E-state index is 0.195. The third kappa shape index (κ3) is 5.33. The van der Waals surface area contributed by atoms with Crippen LogP contribution in [0.1, 0.15) is 41.7 Å². The fraction of sp³-hybridized carbons (Fsp3) is 0.103. The van der Waals surface area contributed by atoms with E-state index in [0.29, 0.717) is 0 Å². The van der Waals surface area contributed by atoms with Crippen LogP contribution in [0.15, 0.2) is 111 Å². The molecule has 0 saturated carbocycles. The van der Waals surface area contributed by atoms with E-state index in [0.717, 1.165) is 16.7 Å². The minimum atomic E-state index is -0.195. The topological polar surface area (TPSA) is 0 Å². The molecule has 0 nitrogen and oxygen atoms in total. The molecule has 3 rings (SSSR count). The van der Waals surface area contributed by atoms with Gasteiger partial charge in [-0.2, -0.15) is 0 Å². The summed E-state index contributed by atoms with van der Waals surface area (Å²) < 4.78 is 0. The number of hydrogen-bond donors (Lipinski definition) is 0. The smallest absolute Gasteiger partial charge is 0.0377 e. The van der Waals surface area contributed by atoms with Gasteiger partial charge in [-0.15, -0.1) is 0 Å². The van der Waals surface area contributed by atoms with E-state index in [1.807, 2.05) is 48.6 Å². The van der Waals surface area contributed by atoms with Gasteiger partial charge in [0.2, 0.25) is 0 Å². The van der Waals surface area contributed by atoms with E-state index >= 15 is 0 Å². The Hall–Kier alpha value is -3.38. The lowest BCUT2D eigenvalue weighted by Crippen LogP contribution is -2.24. The highest BCUT2D eigenvalue weighted by molar-refractivity contribution is 5.54. The molecule has 0 amide bonds. The Morgan fingerprint density at radius 3 is 1.24 bits per heavy atom. The van der Waals surface area contributed by atoms with Gasteiger partial charge in [0, 0.05) is 5.41 Å². The summed E-state index contributed by atoms with van der Waals surface area (Å²) >= 11 is 0. The van der Waals surface area contributed by atoms with Crippen LogP contribution in [0.2, 0.25) is 0 Å². The van der Waals surface area contributed by atoms with E-state index in [9.17, 15) is 0 Å². The maximum absolute atomic E-state index is 4.22. The van der Waals surface area contributed by atoms with Crippen LogP contribution in [0.25, 0.3) is 18.2 Å². The molecular formula is C29H30. The van der Waals surface area contributed by atoms with E-state index in [1.54, 1.807) is 0 Å². The predicted molar refractivity (Wildman–Crippen MR) is 131 cm³/mol. The van der Waals surface area contributed by atoms with Gasteiger partial charge in [-0.25, -0.2) is 0 Å². The van der Waals surface area contributed by atoms with Gasteiger partial charge >= 0.3 is 0 Å². The zero-order valence-corrected chi connectivity index (χ0v) is 17.6. The highest BCUT2D eigenvalue weighted by atomic mass is 14.3. The Balaban J connectivity index is 0.000000313. The van der Waals surface area contributed by atoms with Crippen LogP contribution >= 0.6 is 0 Å². The lowest BCUT2D eigenvalue weighted by molar-refractivity contribution is 0.676. The van der Waals surface area contributed by atoms with Crippen molar-refractivity contribution < 1.29 is 0 Å². The van der Waals surface area contributed by atoms with Crippen molar-refractivity contribution in [2.45, 2.75) is 19.3 Å². The molecule has 3 aromatic rings. The molecule has 0 N–H and O–H groups in total. The molecule has 0 fully saturated rings. The van der Waals surface area contributed by atoms with Crippen molar-refractivity contribution in [1.82, 2.24) is 0 Å². The summed E-state index contributed by atoms with van der Waals surface area (Å²) in [4.78, 5) is 0. The second-order valence-corrected chi connectivity index (χ2v) is 7.17. The van der Waals surface area contributed by atoms with E-state index in [4.69, 9.17) is 0 Å². The standard InChI is InChI=1S/C21H22.C8H8/c1-6-17-8-12-19(13-9-17)21(5,16(3)4)20-14-10-18(7-2)11-15-20;1-2-8-6-4-3-5-7-8/h6-15H,1-3H2,4-5H3;2-7H,1H2. The Morgan fingerprint density at radius 1 is 0.621 bits per heavy atom. The van der Waals surface area contributed by atoms with Crippen LogP contribution in [0.5, 0.6) is 0 Å². The Morgan fingerprint density at radius 2 is 0.966 bits per heavy atom. The zero-order chi connectivity index (χ0) is 21.3. The van der Waals surface area contributed by atoms with Crippen molar-refractivity contribution in [3.8, 4) is 0 Å². The fourth-order valence-corrected chi connectivity index (χ4v) is 3.15. The van der Waals surface area contributed by atoms with Crippen LogP contribution in [0.3, 0.4) is 0 Å². The molecule has 0 aliphatic heterocycles. The van der Waals surface area contributed by atoms with Crippen LogP contribution in [-0.4, -0.2) is 0 Å². The summed E-state index contributed by atoms with van der Waals surface area (Å²) in [6.45, 7) is 19.8. The normalized spacial score (nSPS) is 10.3. The largest absolute Gasteiger partial charge is 0.0989 e. The zero-order valence-electron chi connectivity index (χ0n) is 17.6. The van der Waals surface area contributed by atoms with Crippen molar-refractivity contribution >= 4 is 18.2 Å². The second-order valence-electron chi connectivity index (χ2n) is 7.17. The molecule has 0 saturated heterocycles. The molecule has 0 heterocycles. The highest BCUT2D eigenvalue weighted by Gasteiger charge is 2.29. The first-order valence-corrected chi connectivity index (χ1v) is 9.75. The van der Waals surface area contributed by atoms with Crippen LogP contribution in [0, 0.1) is 0 Å². The molecule has 29 heavy (non-hydrogen) atoms. The highest BCUT2D eigenvalue weighted by Crippen LogP contribution is 2.38. The van der Waals surface area contributed by atoms with Gasteiger partial charge < -0.3 is 0 Å². The van der Waals surface area contributed by atoms with Crippen molar-refractivity contribution in [1.29, 1.82) is 0 Å². The van der Waals surface area contributed by atoms with Gasteiger partial charge in [0.1, 0.15) is 0 Å². The van der Waals surface area contributed by atoms with Gasteiger partial charge in [0.15, 0.2) is 0 Å². The molecular weight excluding hydrogens is 348 g/mol. The molecule has 0 spiro atoms. The third-order valence-electron chi connectivity index (χ3n) is 5.34. The molecule has 0 bridgehead atoms. The number of rotatable bonds is 6. The van der Waals surface area contributed by atoms with E-state index in [2.05, 4.69) is 88.7 Å². The van der Waals surface area contributed by atoms with E-state index in [1.165, 1.54) is 16.7 Å². The van der Waals surface area contributed by atoms with Gasteiger partial charge in [-0.3, -0.25) is 0 Å². The monoisotopic (exact) mass is 378 g/mol. The first kappa shape index (κ1) is 21.9. The molecule has 0 unspecified atom stereocenters. The number of allylic oxidation sites excluding steroid dienone is 1. The Labute approximate surface area is 176 Å². The molecule has 0 atom stereocenters. The maximum Gasteiger partial charge on any atom is 0.0377 e. The van der Waals surface area contributed by atoms with Gasteiger partial charge in [-0.1, -0.05) is 129 Å². The minimum Gasteiger partial charge on any atom is -0.0989 e. The lowest BCUT2D eigenvalue weighted by Gasteiger charge is -2.32. The molecule has 146 valence electrons. The van der Waals surface area contributed by atoms with Crippen molar-refractivity contribution in [2.24, 2.45) is 0 Å². The summed E-state index contributed by atoms with van der Waals surface area (Å²) in [6.07, 6.45) is 5.56. The maximum atomic E-state index is 4.22. The van der Waals surface area contributed by atoms with Crippen LogP contribution in [0.4, 0.5) is 0 Å². The summed E-state index contributed by atoms with van der Waals surface area (Å²) in [5.74, 6) is 0. The van der Waals surface area contributed by atoms with Crippen molar-refractivity contribution in [2.75, 3.05) is 0 Å². The average molecular weight is 379 g/mol. The summed E-state index contributed by atoms with van der Waals surface area (Å²) in [6, 6.07) is 27.1. The predicted octanol–water partition coefficient (Wildman–Crippen LogP) is 8.18. The van der Waals surface area contributed by atoms with Gasteiger partial charge in [0.05, 0.1) is 0 Å². The number of benzene rings is 3. The molecule has 0 radical (unpaired) electrons. The first-order valence-electron chi connectivity index (χ1n) is 9.75. The van der Waals surface area contributed by atoms with Gasteiger partial charge in [0.25, 0.3) is 0 Å². The van der Waals surface area contributed by atoms with E-state index in [-0.39, 0.29) is 5.41 Å². The average Bonchev–Trinajstić information content (AvgIpc) is 2.79. The molecule has 3 aromatic carbocycles. The number of hydrogen-bond acceptors (Lipinski definition) is 0. The summed E-state index contributed by atoms with van der Waals surface area (Å²) in [5.41, 5.74) is 6.85. The quantitative estimate of drug-likeness (QED) is 0.379. The van der Waals surface area contributed by atoms with E-state index < -0.39 is 0 Å². The van der Waals surface area contributed by atoms with Crippen LogP contribution in [-0.2, 0) is 5.41 Å². The second kappa shape index (κ2) is 10.2. The molecule has 0 aromatic heterocycles. The first-order chi connectivity index (χ1) is 13.9. The summed E-state index contributed by atoms with van der Waals surface area (Å²) in [7, 11) is 0. The van der Waals surface area contributed by atoms with Crippen LogP contribution < -0.4 is 0 Å². The lowest BCUT2D eigenvalue weighted by atomic mass is 9.71. The molecule has 0 aliphatic carbocycles. The summed E-state index contributed by atoms with van der Waals surface area (Å²) in [5, 5.41) is 0. The SMILES string of the molecule is C=Cc1ccc(C(C)(C(=C)C)c2ccc(C=C)cc2)cc1.C=Cc1ccccc1. The van der Waals surface area contributed by atoms with Crippen molar-refractivity contribution in [3.63, 3.8) is 0 Å². The van der Waals surface area contributed by atoms with Gasteiger partial charge in [-0.05, 0) is 41.7 Å². The molecule has 0 heteroatoms. The Kier molecular flexibility index (Phi) is 7.74. The van der Waals surface area contributed by atoms with Crippen molar-refractivity contribution in [3.05, 3.63) is 139 Å². The third-order valence-corrected chi connectivity index (χ3v) is 5.34. The molecule has 0 aliphatic rings.